The van der Waals surface area contributed by atoms with Gasteiger partial charge in [0.15, 0.2) is 0 Å². The zero-order chi connectivity index (χ0) is 20.1. The Balaban J connectivity index is 1.44. The van der Waals surface area contributed by atoms with Gasteiger partial charge in [-0.25, -0.2) is 13.1 Å². The van der Waals surface area contributed by atoms with Gasteiger partial charge in [-0.3, -0.25) is 4.79 Å². The maximum atomic E-state index is 12.2. The molecule has 3 rings (SSSR count). The molecular weight excluding hydrogens is 398 g/mol. The van der Waals surface area contributed by atoms with Crippen LogP contribution in [0.2, 0.25) is 5.02 Å². The van der Waals surface area contributed by atoms with E-state index in [4.69, 9.17) is 11.6 Å². The van der Waals surface area contributed by atoms with Gasteiger partial charge in [0.25, 0.3) is 0 Å². The van der Waals surface area contributed by atoms with Crippen LogP contribution in [0.5, 0.6) is 0 Å². The lowest BCUT2D eigenvalue weighted by Gasteiger charge is -2.08. The zero-order valence-corrected chi connectivity index (χ0v) is 17.0. The first-order valence-electron chi connectivity index (χ1n) is 8.94. The second-order valence-corrected chi connectivity index (χ2v) is 8.77. The van der Waals surface area contributed by atoms with E-state index in [0.717, 1.165) is 22.0 Å². The van der Waals surface area contributed by atoms with Crippen LogP contribution in [0.4, 0.5) is 0 Å². The zero-order valence-electron chi connectivity index (χ0n) is 15.5. The second-order valence-electron chi connectivity index (χ2n) is 6.56. The molecule has 28 heavy (non-hydrogen) atoms. The summed E-state index contributed by atoms with van der Waals surface area (Å²) in [5, 5.41) is 4.51. The van der Waals surface area contributed by atoms with Crippen molar-refractivity contribution in [1.82, 2.24) is 15.0 Å². The smallest absolute Gasteiger partial charge is 0.240 e. The number of nitrogens with one attached hydrogen (secondary N) is 3. The van der Waals surface area contributed by atoms with Gasteiger partial charge in [-0.1, -0.05) is 29.3 Å². The summed E-state index contributed by atoms with van der Waals surface area (Å²) in [4.78, 5) is 15.3. The van der Waals surface area contributed by atoms with Gasteiger partial charge in [-0.05, 0) is 49.2 Å². The van der Waals surface area contributed by atoms with E-state index in [0.29, 0.717) is 18.0 Å². The average molecular weight is 420 g/mol. The van der Waals surface area contributed by atoms with Crippen LogP contribution in [0.1, 0.15) is 17.5 Å². The van der Waals surface area contributed by atoms with E-state index in [9.17, 15) is 13.2 Å². The molecule has 0 aliphatic rings. The van der Waals surface area contributed by atoms with Crippen LogP contribution < -0.4 is 10.0 Å². The largest absolute Gasteiger partial charge is 0.361 e. The summed E-state index contributed by atoms with van der Waals surface area (Å²) in [5.74, 6) is -0.204. The highest BCUT2D eigenvalue weighted by molar-refractivity contribution is 7.89. The summed E-state index contributed by atoms with van der Waals surface area (Å²) in [6.45, 7) is 2.40. The topological polar surface area (TPSA) is 91.1 Å². The van der Waals surface area contributed by atoms with E-state index in [-0.39, 0.29) is 23.8 Å². The molecule has 3 N–H and O–H groups in total. The molecule has 0 spiro atoms. The number of carbonyl (C=O) groups is 1. The maximum Gasteiger partial charge on any atom is 0.240 e. The molecule has 0 fully saturated rings. The second kappa shape index (κ2) is 8.77. The number of aromatic amines is 1. The molecule has 8 heteroatoms. The van der Waals surface area contributed by atoms with E-state index in [1.165, 1.54) is 0 Å². The van der Waals surface area contributed by atoms with Crippen molar-refractivity contribution in [2.24, 2.45) is 0 Å². The fourth-order valence-corrected chi connectivity index (χ4v) is 4.09. The van der Waals surface area contributed by atoms with E-state index >= 15 is 0 Å². The predicted molar refractivity (Wildman–Crippen MR) is 111 cm³/mol. The number of carbonyl (C=O) groups excluding carboxylic acids is 1. The van der Waals surface area contributed by atoms with Gasteiger partial charge < -0.3 is 10.3 Å². The molecule has 1 heterocycles. The van der Waals surface area contributed by atoms with Crippen molar-refractivity contribution in [2.75, 3.05) is 13.1 Å². The molecule has 0 aliphatic heterocycles. The van der Waals surface area contributed by atoms with Gasteiger partial charge in [0, 0.05) is 41.6 Å². The first-order chi connectivity index (χ1) is 13.3. The SMILES string of the molecule is Cc1ccc(S(=O)(=O)NCCC(=O)NCCc2c[nH]c3ccc(Cl)cc23)cc1. The van der Waals surface area contributed by atoms with E-state index < -0.39 is 10.0 Å². The van der Waals surface area contributed by atoms with Crippen LogP contribution in [0.25, 0.3) is 10.9 Å². The Labute approximate surface area is 169 Å². The number of sulfonamides is 1. The summed E-state index contributed by atoms with van der Waals surface area (Å²) in [6.07, 6.45) is 2.63. The van der Waals surface area contributed by atoms with Crippen molar-refractivity contribution < 1.29 is 13.2 Å². The number of aromatic nitrogens is 1. The summed E-state index contributed by atoms with van der Waals surface area (Å²) in [5.41, 5.74) is 3.05. The van der Waals surface area contributed by atoms with Gasteiger partial charge in [0.1, 0.15) is 0 Å². The first kappa shape index (κ1) is 20.4. The maximum absolute atomic E-state index is 12.2. The molecule has 1 aromatic heterocycles. The molecule has 0 aliphatic carbocycles. The molecule has 1 amide bonds. The van der Waals surface area contributed by atoms with Crippen LogP contribution >= 0.6 is 11.6 Å². The minimum atomic E-state index is -3.60. The number of halogens is 1. The fraction of sp³-hybridized carbons (Fsp3) is 0.250. The lowest BCUT2D eigenvalue weighted by atomic mass is 10.1. The minimum absolute atomic E-state index is 0.0464. The lowest BCUT2D eigenvalue weighted by Crippen LogP contribution is -2.31. The number of benzene rings is 2. The molecule has 3 aromatic rings. The predicted octanol–water partition coefficient (Wildman–Crippen LogP) is 3.16. The summed E-state index contributed by atoms with van der Waals surface area (Å²) < 4.78 is 26.8. The quantitative estimate of drug-likeness (QED) is 0.523. The highest BCUT2D eigenvalue weighted by Crippen LogP contribution is 2.22. The van der Waals surface area contributed by atoms with Gasteiger partial charge >= 0.3 is 0 Å². The Hall–Kier alpha value is -2.35. The van der Waals surface area contributed by atoms with Gasteiger partial charge in [0.2, 0.25) is 15.9 Å². The number of aryl methyl sites for hydroxylation is 1. The highest BCUT2D eigenvalue weighted by atomic mass is 35.5. The van der Waals surface area contributed by atoms with E-state index in [2.05, 4.69) is 15.0 Å². The minimum Gasteiger partial charge on any atom is -0.361 e. The van der Waals surface area contributed by atoms with Crippen LogP contribution in [0.15, 0.2) is 53.6 Å². The van der Waals surface area contributed by atoms with Crippen molar-refractivity contribution in [2.45, 2.75) is 24.7 Å². The summed E-state index contributed by atoms with van der Waals surface area (Å²) >= 11 is 6.04. The molecule has 0 unspecified atom stereocenters. The first-order valence-corrected chi connectivity index (χ1v) is 10.8. The molecular formula is C20H22ClN3O3S. The lowest BCUT2D eigenvalue weighted by molar-refractivity contribution is -0.120. The van der Waals surface area contributed by atoms with Crippen molar-refractivity contribution >= 4 is 38.4 Å². The normalized spacial score (nSPS) is 11.6. The van der Waals surface area contributed by atoms with Gasteiger partial charge in [-0.15, -0.1) is 0 Å². The third-order valence-electron chi connectivity index (χ3n) is 4.42. The Morgan fingerprint density at radius 2 is 1.86 bits per heavy atom. The Kier molecular flexibility index (Phi) is 6.39. The molecule has 6 nitrogen and oxygen atoms in total. The summed E-state index contributed by atoms with van der Waals surface area (Å²) in [7, 11) is -3.60. The Morgan fingerprint density at radius 3 is 2.61 bits per heavy atom. The van der Waals surface area contributed by atoms with Crippen LogP contribution in [-0.4, -0.2) is 32.4 Å². The molecule has 0 saturated carbocycles. The molecule has 0 saturated heterocycles. The number of hydrogen-bond acceptors (Lipinski definition) is 3. The van der Waals surface area contributed by atoms with Crippen LogP contribution in [-0.2, 0) is 21.2 Å². The number of fused-ring (bicyclic) bond motifs is 1. The van der Waals surface area contributed by atoms with E-state index in [1.54, 1.807) is 24.3 Å². The average Bonchev–Trinajstić information content (AvgIpc) is 3.04. The monoisotopic (exact) mass is 419 g/mol. The Bertz CT molecular complexity index is 1080. The van der Waals surface area contributed by atoms with Gasteiger partial charge in [0.05, 0.1) is 4.90 Å². The number of amides is 1. The molecule has 148 valence electrons. The van der Waals surface area contributed by atoms with Crippen molar-refractivity contribution in [3.8, 4) is 0 Å². The van der Waals surface area contributed by atoms with Gasteiger partial charge in [-0.2, -0.15) is 0 Å². The number of rotatable bonds is 8. The summed E-state index contributed by atoms with van der Waals surface area (Å²) in [6, 6.07) is 12.2. The third-order valence-corrected chi connectivity index (χ3v) is 6.13. The third kappa shape index (κ3) is 5.13. The van der Waals surface area contributed by atoms with Crippen LogP contribution in [0.3, 0.4) is 0 Å². The van der Waals surface area contributed by atoms with Crippen LogP contribution in [0, 0.1) is 6.92 Å². The molecule has 0 radical (unpaired) electrons. The highest BCUT2D eigenvalue weighted by Gasteiger charge is 2.13. The number of H-pyrrole nitrogens is 1. The van der Waals surface area contributed by atoms with Crippen molar-refractivity contribution in [3.63, 3.8) is 0 Å². The number of hydrogen-bond donors (Lipinski definition) is 3. The van der Waals surface area contributed by atoms with Crippen molar-refractivity contribution in [1.29, 1.82) is 0 Å². The standard InChI is InChI=1S/C20H22ClN3O3S/c1-14-2-5-17(6-3-14)28(26,27)24-11-9-20(25)22-10-8-15-13-23-19-7-4-16(21)12-18(15)19/h2-7,12-13,23-24H,8-11H2,1H3,(H,22,25). The molecule has 2 aromatic carbocycles. The molecule has 0 bridgehead atoms. The fourth-order valence-electron chi connectivity index (χ4n) is 2.88. The molecule has 0 atom stereocenters. The Morgan fingerprint density at radius 1 is 1.11 bits per heavy atom. The van der Waals surface area contributed by atoms with E-state index in [1.807, 2.05) is 31.3 Å². The van der Waals surface area contributed by atoms with Crippen molar-refractivity contribution in [3.05, 3.63) is 64.8 Å².